The van der Waals surface area contributed by atoms with Crippen molar-refractivity contribution in [2.75, 3.05) is 0 Å². The van der Waals surface area contributed by atoms with Crippen LogP contribution in [0.2, 0.25) is 0 Å². The molecular weight excluding hydrogens is 96.1 g/mol. The summed E-state index contributed by atoms with van der Waals surface area (Å²) >= 11 is 0. The summed E-state index contributed by atoms with van der Waals surface area (Å²) in [6, 6.07) is 0. The molecule has 0 rings (SSSR count). The molecule has 0 radical (unpaired) electrons. The van der Waals surface area contributed by atoms with Crippen LogP contribution in [-0.4, -0.2) is 0 Å². The van der Waals surface area contributed by atoms with Gasteiger partial charge < -0.3 is 0 Å². The fraction of sp³-hybridized carbons (Fsp3) is 0.500. The first-order valence-electron chi connectivity index (χ1n) is 2.59. The Hall–Kier alpha value is -0.520. The lowest BCUT2D eigenvalue weighted by atomic mass is 10.3. The van der Waals surface area contributed by atoms with E-state index in [9.17, 15) is 0 Å². The minimum atomic E-state index is 0. The quantitative estimate of drug-likeness (QED) is 0.481. The summed E-state index contributed by atoms with van der Waals surface area (Å²) in [4.78, 5) is 0. The molecular formula is C8H16. The first-order valence-corrected chi connectivity index (χ1v) is 2.59. The summed E-state index contributed by atoms with van der Waals surface area (Å²) in [5.41, 5.74) is 1.13. The highest BCUT2D eigenvalue weighted by molar-refractivity contribution is 5.10. The van der Waals surface area contributed by atoms with Gasteiger partial charge in [0.1, 0.15) is 0 Å². The predicted molar refractivity (Wildman–Crippen MR) is 41.0 cm³/mol. The SMILES string of the molecule is C.C=C(C)/C=C\CC. The fourth-order valence-corrected chi connectivity index (χ4v) is 0.319. The molecule has 0 unspecified atom stereocenters. The van der Waals surface area contributed by atoms with E-state index in [-0.39, 0.29) is 7.43 Å². The molecule has 0 fully saturated rings. The minimum absolute atomic E-state index is 0. The van der Waals surface area contributed by atoms with Gasteiger partial charge in [0.2, 0.25) is 0 Å². The molecule has 0 heteroatoms. The van der Waals surface area contributed by atoms with Crippen molar-refractivity contribution in [3.8, 4) is 0 Å². The lowest BCUT2D eigenvalue weighted by Gasteiger charge is -1.79. The maximum Gasteiger partial charge on any atom is -0.0376 e. The Morgan fingerprint density at radius 3 is 2.25 bits per heavy atom. The summed E-state index contributed by atoms with van der Waals surface area (Å²) in [7, 11) is 0. The number of rotatable bonds is 2. The van der Waals surface area contributed by atoms with Gasteiger partial charge in [-0.15, -0.1) is 0 Å². The smallest absolute Gasteiger partial charge is 0.0376 e. The molecule has 0 bridgehead atoms. The van der Waals surface area contributed by atoms with E-state index in [1.54, 1.807) is 0 Å². The van der Waals surface area contributed by atoms with Gasteiger partial charge >= 0.3 is 0 Å². The summed E-state index contributed by atoms with van der Waals surface area (Å²) in [6.07, 6.45) is 5.23. The maximum atomic E-state index is 3.71. The van der Waals surface area contributed by atoms with Crippen LogP contribution in [0.25, 0.3) is 0 Å². The van der Waals surface area contributed by atoms with Gasteiger partial charge in [-0.2, -0.15) is 0 Å². The van der Waals surface area contributed by atoms with Gasteiger partial charge in [0, 0.05) is 0 Å². The Balaban J connectivity index is 0. The van der Waals surface area contributed by atoms with E-state index in [2.05, 4.69) is 19.6 Å². The lowest BCUT2D eigenvalue weighted by Crippen LogP contribution is -1.58. The van der Waals surface area contributed by atoms with Gasteiger partial charge in [0.15, 0.2) is 0 Å². The van der Waals surface area contributed by atoms with Crippen molar-refractivity contribution in [2.24, 2.45) is 0 Å². The summed E-state index contributed by atoms with van der Waals surface area (Å²) in [5.74, 6) is 0. The molecule has 0 aliphatic heterocycles. The third-order valence-electron chi connectivity index (χ3n) is 0.638. The molecule has 8 heavy (non-hydrogen) atoms. The third kappa shape index (κ3) is 9.08. The van der Waals surface area contributed by atoms with Crippen molar-refractivity contribution in [1.29, 1.82) is 0 Å². The standard InChI is InChI=1S/C7H12.CH4/c1-4-5-6-7(2)3;/h5-6H,2,4H2,1,3H3;1H4/b6-5-;. The number of hydrogen-bond donors (Lipinski definition) is 0. The van der Waals surface area contributed by atoms with Gasteiger partial charge in [-0.25, -0.2) is 0 Å². The molecule has 0 spiro atoms. The molecule has 0 atom stereocenters. The second-order valence-electron chi connectivity index (χ2n) is 1.66. The van der Waals surface area contributed by atoms with E-state index in [1.165, 1.54) is 0 Å². The van der Waals surface area contributed by atoms with Gasteiger partial charge in [0.25, 0.3) is 0 Å². The van der Waals surface area contributed by atoms with Gasteiger partial charge in [-0.1, -0.05) is 38.7 Å². The van der Waals surface area contributed by atoms with Crippen LogP contribution < -0.4 is 0 Å². The summed E-state index contributed by atoms with van der Waals surface area (Å²) < 4.78 is 0. The predicted octanol–water partition coefficient (Wildman–Crippen LogP) is 3.16. The second kappa shape index (κ2) is 6.48. The molecule has 0 saturated heterocycles. The monoisotopic (exact) mass is 112 g/mol. The molecule has 0 nitrogen and oxygen atoms in total. The van der Waals surface area contributed by atoms with Crippen molar-refractivity contribution in [1.82, 2.24) is 0 Å². The summed E-state index contributed by atoms with van der Waals surface area (Å²) in [5, 5.41) is 0. The number of hydrogen-bond acceptors (Lipinski definition) is 0. The van der Waals surface area contributed by atoms with Crippen LogP contribution >= 0.6 is 0 Å². The van der Waals surface area contributed by atoms with Crippen LogP contribution in [0.4, 0.5) is 0 Å². The van der Waals surface area contributed by atoms with Crippen molar-refractivity contribution < 1.29 is 0 Å². The average Bonchev–Trinajstić information content (AvgIpc) is 1.61. The Kier molecular flexibility index (Phi) is 8.47. The van der Waals surface area contributed by atoms with E-state index >= 15 is 0 Å². The molecule has 0 saturated carbocycles. The molecule has 0 aromatic carbocycles. The average molecular weight is 112 g/mol. The summed E-state index contributed by atoms with van der Waals surface area (Å²) in [6.45, 7) is 7.81. The maximum absolute atomic E-state index is 3.71. The molecule has 0 N–H and O–H groups in total. The third-order valence-corrected chi connectivity index (χ3v) is 0.638. The normalized spacial score (nSPS) is 8.75. The van der Waals surface area contributed by atoms with Crippen LogP contribution in [0.5, 0.6) is 0 Å². The van der Waals surface area contributed by atoms with Gasteiger partial charge in [-0.05, 0) is 13.3 Å². The largest absolute Gasteiger partial charge is 0.0961 e. The Bertz CT molecular complexity index is 78.0. The van der Waals surface area contributed by atoms with E-state index in [0.29, 0.717) is 0 Å². The van der Waals surface area contributed by atoms with Crippen molar-refractivity contribution in [3.05, 3.63) is 24.3 Å². The van der Waals surface area contributed by atoms with Crippen molar-refractivity contribution in [2.45, 2.75) is 27.7 Å². The van der Waals surface area contributed by atoms with Crippen molar-refractivity contribution >= 4 is 0 Å². The topological polar surface area (TPSA) is 0 Å². The molecule has 0 heterocycles. The highest BCUT2D eigenvalue weighted by atomic mass is 13.7. The van der Waals surface area contributed by atoms with E-state index in [1.807, 2.05) is 13.0 Å². The van der Waals surface area contributed by atoms with Crippen LogP contribution in [0.3, 0.4) is 0 Å². The van der Waals surface area contributed by atoms with Crippen LogP contribution in [0.1, 0.15) is 27.7 Å². The zero-order chi connectivity index (χ0) is 5.70. The Morgan fingerprint density at radius 2 is 2.12 bits per heavy atom. The van der Waals surface area contributed by atoms with Crippen LogP contribution in [-0.2, 0) is 0 Å². The first-order chi connectivity index (χ1) is 3.27. The Morgan fingerprint density at radius 1 is 1.62 bits per heavy atom. The van der Waals surface area contributed by atoms with E-state index < -0.39 is 0 Å². The second-order valence-corrected chi connectivity index (χ2v) is 1.66. The Labute approximate surface area is 52.9 Å². The van der Waals surface area contributed by atoms with E-state index in [0.717, 1.165) is 12.0 Å². The van der Waals surface area contributed by atoms with E-state index in [4.69, 9.17) is 0 Å². The molecule has 0 aromatic rings. The molecule has 0 amide bonds. The van der Waals surface area contributed by atoms with Crippen LogP contribution in [0, 0.1) is 0 Å². The lowest BCUT2D eigenvalue weighted by molar-refractivity contribution is 1.22. The minimum Gasteiger partial charge on any atom is -0.0961 e. The fourth-order valence-electron chi connectivity index (χ4n) is 0.319. The molecule has 48 valence electrons. The highest BCUT2D eigenvalue weighted by Gasteiger charge is 1.67. The zero-order valence-corrected chi connectivity index (χ0v) is 5.07. The zero-order valence-electron chi connectivity index (χ0n) is 5.07. The molecule has 0 aromatic heterocycles. The molecule has 0 aliphatic carbocycles. The van der Waals surface area contributed by atoms with Gasteiger partial charge in [0.05, 0.1) is 0 Å². The number of allylic oxidation sites excluding steroid dienone is 3. The van der Waals surface area contributed by atoms with Gasteiger partial charge in [-0.3, -0.25) is 0 Å². The van der Waals surface area contributed by atoms with Crippen molar-refractivity contribution in [3.63, 3.8) is 0 Å². The highest BCUT2D eigenvalue weighted by Crippen LogP contribution is 1.89. The first kappa shape index (κ1) is 10.5. The van der Waals surface area contributed by atoms with Crippen LogP contribution in [0.15, 0.2) is 24.3 Å². The molecule has 0 aliphatic rings.